The van der Waals surface area contributed by atoms with Gasteiger partial charge < -0.3 is 10.1 Å². The van der Waals surface area contributed by atoms with Crippen molar-refractivity contribution in [3.8, 4) is 5.75 Å². The largest absolute Gasteiger partial charge is 0.497 e. The summed E-state index contributed by atoms with van der Waals surface area (Å²) in [5.41, 5.74) is 2.06. The van der Waals surface area contributed by atoms with Crippen LogP contribution >= 0.6 is 0 Å². The highest BCUT2D eigenvalue weighted by Gasteiger charge is 2.29. The lowest BCUT2D eigenvalue weighted by molar-refractivity contribution is -0.118. The highest BCUT2D eigenvalue weighted by Crippen LogP contribution is 2.19. The number of aryl methyl sites for hydroxylation is 2. The van der Waals surface area contributed by atoms with E-state index in [9.17, 15) is 9.59 Å². The molecule has 1 aromatic carbocycles. The zero-order chi connectivity index (χ0) is 18.8. The minimum absolute atomic E-state index is 0.372. The van der Waals surface area contributed by atoms with Crippen LogP contribution in [0.3, 0.4) is 0 Å². The van der Waals surface area contributed by atoms with Crippen LogP contribution in [0.4, 0.5) is 0 Å². The van der Waals surface area contributed by atoms with Gasteiger partial charge in [0, 0.05) is 18.3 Å². The van der Waals surface area contributed by atoms with E-state index in [2.05, 4.69) is 10.4 Å². The maximum absolute atomic E-state index is 12.5. The van der Waals surface area contributed by atoms with Crippen LogP contribution in [0.15, 0.2) is 24.3 Å². The van der Waals surface area contributed by atoms with Crippen LogP contribution < -0.4 is 10.1 Å². The second-order valence-corrected chi connectivity index (χ2v) is 6.86. The Kier molecular flexibility index (Phi) is 5.30. The van der Waals surface area contributed by atoms with E-state index in [1.807, 2.05) is 38.1 Å². The number of hydrogen-bond acceptors (Lipinski definition) is 4. The Bertz CT molecular complexity index is 806. The van der Waals surface area contributed by atoms with Crippen LogP contribution in [0.25, 0.3) is 0 Å². The molecule has 1 heterocycles. The first-order chi connectivity index (χ1) is 11.6. The van der Waals surface area contributed by atoms with Gasteiger partial charge in [-0.2, -0.15) is 5.10 Å². The lowest BCUT2D eigenvalue weighted by atomic mass is 9.94. The molecule has 1 N–H and O–H groups in total. The number of carbonyl (C=O) groups is 2. The molecule has 1 amide bonds. The minimum Gasteiger partial charge on any atom is -0.497 e. The maximum atomic E-state index is 12.5. The fourth-order valence-corrected chi connectivity index (χ4v) is 2.92. The number of nitrogens with one attached hydrogen (secondary N) is 1. The van der Waals surface area contributed by atoms with E-state index in [0.717, 1.165) is 11.3 Å². The number of methoxy groups -OCH3 is 1. The van der Waals surface area contributed by atoms with Crippen molar-refractivity contribution in [3.63, 3.8) is 0 Å². The van der Waals surface area contributed by atoms with Crippen molar-refractivity contribution >= 4 is 11.7 Å². The number of carbonyl (C=O) groups excluding carboxylic acids is 2. The number of benzene rings is 1. The molecule has 6 nitrogen and oxygen atoms in total. The van der Waals surface area contributed by atoms with Gasteiger partial charge in [0.25, 0.3) is 11.7 Å². The predicted molar refractivity (Wildman–Crippen MR) is 95.9 cm³/mol. The zero-order valence-electron chi connectivity index (χ0n) is 15.6. The Morgan fingerprint density at radius 3 is 2.52 bits per heavy atom. The molecule has 0 saturated heterocycles. The zero-order valence-corrected chi connectivity index (χ0v) is 15.6. The monoisotopic (exact) mass is 343 g/mol. The van der Waals surface area contributed by atoms with Crippen molar-refractivity contribution < 1.29 is 14.3 Å². The van der Waals surface area contributed by atoms with Crippen LogP contribution in [-0.2, 0) is 18.3 Å². The van der Waals surface area contributed by atoms with Gasteiger partial charge in [0.2, 0.25) is 0 Å². The highest BCUT2D eigenvalue weighted by atomic mass is 16.5. The third kappa shape index (κ3) is 4.26. The predicted octanol–water partition coefficient (Wildman–Crippen LogP) is 2.37. The lowest BCUT2D eigenvalue weighted by Crippen LogP contribution is -2.48. The molecular weight excluding hydrogens is 318 g/mol. The molecule has 134 valence electrons. The average Bonchev–Trinajstić information content (AvgIpc) is 2.78. The Labute approximate surface area is 148 Å². The maximum Gasteiger partial charge on any atom is 0.292 e. The minimum atomic E-state index is -0.618. The molecule has 1 aromatic heterocycles. The van der Waals surface area contributed by atoms with Crippen molar-refractivity contribution in [1.82, 2.24) is 15.1 Å². The second kappa shape index (κ2) is 7.09. The van der Waals surface area contributed by atoms with Crippen molar-refractivity contribution in [2.45, 2.75) is 39.7 Å². The Morgan fingerprint density at radius 2 is 1.96 bits per heavy atom. The summed E-state index contributed by atoms with van der Waals surface area (Å²) < 4.78 is 6.83. The van der Waals surface area contributed by atoms with Gasteiger partial charge in [-0.25, -0.2) is 0 Å². The third-order valence-electron chi connectivity index (χ3n) is 4.17. The van der Waals surface area contributed by atoms with Gasteiger partial charge in [-0.3, -0.25) is 14.3 Å². The molecule has 25 heavy (non-hydrogen) atoms. The van der Waals surface area contributed by atoms with Gasteiger partial charge in [-0.1, -0.05) is 12.1 Å². The summed E-state index contributed by atoms with van der Waals surface area (Å²) >= 11 is 0. The number of Topliss-reactive ketones (excluding diaryl/α,β-unsaturated/α-hetero) is 1. The lowest BCUT2D eigenvalue weighted by Gasteiger charge is -2.26. The SMILES string of the molecule is COc1cccc(CC(C)(C)NC(=O)C(=O)c2c(C)nn(C)c2C)c1. The number of aromatic nitrogens is 2. The van der Waals surface area contributed by atoms with Gasteiger partial charge in [0.05, 0.1) is 18.4 Å². The van der Waals surface area contributed by atoms with E-state index in [1.165, 1.54) is 0 Å². The van der Waals surface area contributed by atoms with Crippen molar-refractivity contribution in [1.29, 1.82) is 0 Å². The van der Waals surface area contributed by atoms with Gasteiger partial charge in [-0.05, 0) is 51.8 Å². The van der Waals surface area contributed by atoms with E-state index in [-0.39, 0.29) is 0 Å². The highest BCUT2D eigenvalue weighted by molar-refractivity contribution is 6.43. The number of rotatable bonds is 6. The van der Waals surface area contributed by atoms with Crippen molar-refractivity contribution in [2.24, 2.45) is 7.05 Å². The number of nitrogens with zero attached hydrogens (tertiary/aromatic N) is 2. The Balaban J connectivity index is 2.13. The molecule has 0 bridgehead atoms. The number of ether oxygens (including phenoxy) is 1. The fourth-order valence-electron chi connectivity index (χ4n) is 2.92. The topological polar surface area (TPSA) is 73.2 Å². The average molecular weight is 343 g/mol. The van der Waals surface area contributed by atoms with Crippen LogP contribution in [-0.4, -0.2) is 34.1 Å². The Morgan fingerprint density at radius 1 is 1.28 bits per heavy atom. The standard InChI is InChI=1S/C19H25N3O3/c1-12-16(13(2)22(5)21-12)17(23)18(24)20-19(3,4)11-14-8-7-9-15(10-14)25-6/h7-10H,11H2,1-6H3,(H,20,24). The quantitative estimate of drug-likeness (QED) is 0.645. The van der Waals surface area contributed by atoms with Crippen LogP contribution in [0, 0.1) is 13.8 Å². The molecule has 0 spiro atoms. The summed E-state index contributed by atoms with van der Waals surface area (Å²) in [6.45, 7) is 7.29. The first-order valence-corrected chi connectivity index (χ1v) is 8.14. The van der Waals surface area contributed by atoms with Gasteiger partial charge >= 0.3 is 0 Å². The summed E-state index contributed by atoms with van der Waals surface area (Å²) in [6, 6.07) is 7.66. The van der Waals surface area contributed by atoms with E-state index < -0.39 is 17.2 Å². The van der Waals surface area contributed by atoms with E-state index in [0.29, 0.717) is 23.4 Å². The molecule has 2 aromatic rings. The van der Waals surface area contributed by atoms with Gasteiger partial charge in [0.15, 0.2) is 0 Å². The number of amides is 1. The first kappa shape index (κ1) is 18.7. The molecule has 0 unspecified atom stereocenters. The van der Waals surface area contributed by atoms with Gasteiger partial charge in [0.1, 0.15) is 5.75 Å². The smallest absolute Gasteiger partial charge is 0.292 e. The van der Waals surface area contributed by atoms with Crippen molar-refractivity contribution in [2.75, 3.05) is 7.11 Å². The molecule has 0 aliphatic rings. The van der Waals surface area contributed by atoms with Crippen LogP contribution in [0.2, 0.25) is 0 Å². The normalized spacial score (nSPS) is 11.3. The van der Waals surface area contributed by atoms with E-state index in [1.54, 1.807) is 32.7 Å². The molecule has 0 aliphatic heterocycles. The first-order valence-electron chi connectivity index (χ1n) is 8.14. The summed E-state index contributed by atoms with van der Waals surface area (Å²) in [5.74, 6) is -0.411. The molecule has 2 rings (SSSR count). The third-order valence-corrected chi connectivity index (χ3v) is 4.17. The number of hydrogen-bond donors (Lipinski definition) is 1. The van der Waals surface area contributed by atoms with Crippen LogP contribution in [0.5, 0.6) is 5.75 Å². The van der Waals surface area contributed by atoms with Gasteiger partial charge in [-0.15, -0.1) is 0 Å². The summed E-state index contributed by atoms with van der Waals surface area (Å²) in [7, 11) is 3.37. The van der Waals surface area contributed by atoms with E-state index >= 15 is 0 Å². The molecule has 0 saturated carbocycles. The summed E-state index contributed by atoms with van der Waals surface area (Å²) in [6.07, 6.45) is 0.578. The molecule has 6 heteroatoms. The van der Waals surface area contributed by atoms with Crippen molar-refractivity contribution in [3.05, 3.63) is 46.8 Å². The molecule has 0 fully saturated rings. The summed E-state index contributed by atoms with van der Waals surface area (Å²) in [5, 5.41) is 7.04. The van der Waals surface area contributed by atoms with Crippen LogP contribution in [0.1, 0.15) is 41.2 Å². The second-order valence-electron chi connectivity index (χ2n) is 6.86. The molecule has 0 atom stereocenters. The summed E-state index contributed by atoms with van der Waals surface area (Å²) in [4.78, 5) is 25.0. The number of ketones is 1. The molecular formula is C19H25N3O3. The Hall–Kier alpha value is -2.63. The fraction of sp³-hybridized carbons (Fsp3) is 0.421. The van der Waals surface area contributed by atoms with E-state index in [4.69, 9.17) is 4.74 Å². The molecule has 0 radical (unpaired) electrons. The molecule has 0 aliphatic carbocycles.